The molecule has 12 heterocycles. The number of hydrogen-bond acceptors (Lipinski definition) is 19. The molecule has 18 rings (SSSR count). The highest BCUT2D eigenvalue weighted by Crippen LogP contribution is 2.36. The summed E-state index contributed by atoms with van der Waals surface area (Å²) in [5.74, 6) is -2.21. The summed E-state index contributed by atoms with van der Waals surface area (Å²) < 4.78 is 9.88. The zero-order chi connectivity index (χ0) is 107. The van der Waals surface area contributed by atoms with E-state index in [1.54, 1.807) is 102 Å². The predicted molar refractivity (Wildman–Crippen MR) is 561 cm³/mol. The number of allylic oxidation sites excluding steroid dienone is 6. The van der Waals surface area contributed by atoms with Crippen molar-refractivity contribution in [1.29, 1.82) is 0 Å². The Hall–Kier alpha value is -13.8. The Labute approximate surface area is 850 Å². The van der Waals surface area contributed by atoms with E-state index in [9.17, 15) is 71.9 Å². The van der Waals surface area contributed by atoms with Crippen LogP contribution in [0.15, 0.2) is 219 Å². The maximum absolute atomic E-state index is 12.2. The molecule has 0 aromatic heterocycles. The van der Waals surface area contributed by atoms with Crippen molar-refractivity contribution >= 4 is 88.6 Å². The van der Waals surface area contributed by atoms with Gasteiger partial charge in [0.1, 0.15) is 36.3 Å². The summed E-state index contributed by atoms with van der Waals surface area (Å²) >= 11 is 0. The van der Waals surface area contributed by atoms with Gasteiger partial charge in [-0.2, -0.15) is 0 Å². The lowest BCUT2D eigenvalue weighted by molar-refractivity contribution is -0.127. The van der Waals surface area contributed by atoms with Gasteiger partial charge in [0.05, 0.1) is 44.6 Å². The normalized spacial score (nSPS) is 20.0. The molecular weight excluding hydrogens is 1830 g/mol. The minimum Gasteiger partial charge on any atom is -0.379 e. The number of methoxy groups -OCH3 is 2. The number of ether oxygens (including phenoxy) is 2. The topological polar surface area (TPSA) is 390 Å². The number of carbonyl (C=O) groups is 15. The maximum atomic E-state index is 12.2. The number of hydrogen-bond donors (Lipinski definition) is 8. The van der Waals surface area contributed by atoms with Gasteiger partial charge >= 0.3 is 0 Å². The van der Waals surface area contributed by atoms with Crippen LogP contribution in [0.4, 0.5) is 0 Å². The third-order valence-corrected chi connectivity index (χ3v) is 23.7. The molecule has 6 aromatic carbocycles. The highest BCUT2D eigenvalue weighted by Gasteiger charge is 2.48. The molecule has 0 aliphatic carbocycles. The molecule has 0 bridgehead atoms. The SMILES string of the molecule is C.C=C1CCC(N2C(=O)c3ccccc3C2=O)C(=O)N1.C=C1CCC(N2C(=O)c3ccccc3C2=O)C(=O)N1.C=C1CCC(N2C(=O)c3ccccc3C2=O)C(=O)N1.C=C1CCC(N2Cc3ccccc3C2=O)C(=O)N1.C=C1CCC(N2Cc3ccccc3C2=O)C(=O)N1.C=C1CCC(N2Cc3ccccc3C2=O)C(=O)N1.CC(C)C.CC(C)C.CNC(C)(C)C.CNC(C)(C)C.COC(C)(C)C.COC(C)(C)C. The van der Waals surface area contributed by atoms with E-state index in [1.807, 2.05) is 128 Å². The zero-order valence-corrected chi connectivity index (χ0v) is 87.4. The molecule has 6 unspecified atom stereocenters. The predicted octanol–water partition coefficient (Wildman–Crippen LogP) is 16.4. The van der Waals surface area contributed by atoms with E-state index in [-0.39, 0.29) is 89.9 Å². The average molecular weight is 1980 g/mol. The summed E-state index contributed by atoms with van der Waals surface area (Å²) in [4.78, 5) is 190. The second kappa shape index (κ2) is 53.0. The number of fused-ring (bicyclic) bond motifs is 6. The van der Waals surface area contributed by atoms with Gasteiger partial charge in [-0.15, -0.1) is 0 Å². The summed E-state index contributed by atoms with van der Waals surface area (Å²) in [5.41, 5.74) is 12.1. The lowest BCUT2D eigenvalue weighted by Gasteiger charge is -2.30. The van der Waals surface area contributed by atoms with Gasteiger partial charge in [0.25, 0.3) is 53.2 Å². The van der Waals surface area contributed by atoms with Gasteiger partial charge in [0.15, 0.2) is 0 Å². The van der Waals surface area contributed by atoms with Crippen molar-refractivity contribution in [1.82, 2.24) is 71.9 Å². The number of carbonyl (C=O) groups excluding carboxylic acids is 15. The highest BCUT2D eigenvalue weighted by atomic mass is 16.5. The molecule has 6 aromatic rings. The van der Waals surface area contributed by atoms with Gasteiger partial charge in [0, 0.05) is 95.8 Å². The lowest BCUT2D eigenvalue weighted by Crippen LogP contribution is -2.51. The van der Waals surface area contributed by atoms with Crippen molar-refractivity contribution in [2.45, 2.75) is 287 Å². The van der Waals surface area contributed by atoms with E-state index in [1.165, 1.54) is 0 Å². The molecule has 776 valence electrons. The molecule has 31 nitrogen and oxygen atoms in total. The molecule has 0 saturated carbocycles. The Morgan fingerprint density at radius 2 is 0.410 bits per heavy atom. The summed E-state index contributed by atoms with van der Waals surface area (Å²) in [7, 11) is 7.33. The number of imide groups is 3. The third kappa shape index (κ3) is 33.2. The first-order chi connectivity index (χ1) is 67.0. The van der Waals surface area contributed by atoms with Gasteiger partial charge in [-0.05, 0) is 257 Å². The molecule has 0 spiro atoms. The smallest absolute Gasteiger partial charge is 0.262 e. The fourth-order valence-corrected chi connectivity index (χ4v) is 15.3. The van der Waals surface area contributed by atoms with E-state index in [0.717, 1.165) is 96.3 Å². The van der Waals surface area contributed by atoms with Crippen LogP contribution in [0.2, 0.25) is 0 Å². The van der Waals surface area contributed by atoms with Gasteiger partial charge in [-0.1, -0.05) is 179 Å². The summed E-state index contributed by atoms with van der Waals surface area (Å²) in [6.07, 6.45) is 7.17. The Bertz CT molecular complexity index is 5110. The number of piperidine rings is 6. The molecule has 31 heteroatoms. The molecule has 6 saturated heterocycles. The van der Waals surface area contributed by atoms with Crippen molar-refractivity contribution in [2.24, 2.45) is 11.8 Å². The average Bonchev–Trinajstić information content (AvgIpc) is 1.61. The van der Waals surface area contributed by atoms with Crippen LogP contribution in [0.25, 0.3) is 0 Å². The number of nitrogens with one attached hydrogen (secondary N) is 8. The molecular formula is C113H152N14O17. The Morgan fingerprint density at radius 3 is 0.542 bits per heavy atom. The van der Waals surface area contributed by atoms with E-state index < -0.39 is 53.6 Å². The minimum absolute atomic E-state index is 0. The van der Waals surface area contributed by atoms with Crippen molar-refractivity contribution in [2.75, 3.05) is 28.3 Å². The van der Waals surface area contributed by atoms with E-state index in [0.29, 0.717) is 139 Å². The second-order valence-electron chi connectivity index (χ2n) is 41.3. The first-order valence-corrected chi connectivity index (χ1v) is 48.5. The van der Waals surface area contributed by atoms with Gasteiger partial charge < -0.3 is 66.7 Å². The van der Waals surface area contributed by atoms with Crippen LogP contribution >= 0.6 is 0 Å². The van der Waals surface area contributed by atoms with Crippen LogP contribution < -0.4 is 42.5 Å². The maximum Gasteiger partial charge on any atom is 0.262 e. The largest absolute Gasteiger partial charge is 0.379 e. The molecule has 15 amide bonds. The molecule has 6 atom stereocenters. The quantitative estimate of drug-likeness (QED) is 0.0718. The molecule has 144 heavy (non-hydrogen) atoms. The number of rotatable bonds is 6. The second-order valence-corrected chi connectivity index (χ2v) is 41.3. The van der Waals surface area contributed by atoms with Crippen LogP contribution in [-0.2, 0) is 57.9 Å². The third-order valence-electron chi connectivity index (χ3n) is 23.7. The first-order valence-electron chi connectivity index (χ1n) is 48.5. The van der Waals surface area contributed by atoms with Gasteiger partial charge in [-0.25, -0.2) is 0 Å². The minimum atomic E-state index is -0.738. The van der Waals surface area contributed by atoms with Crippen LogP contribution in [0.5, 0.6) is 0 Å². The van der Waals surface area contributed by atoms with Crippen LogP contribution in [0.1, 0.15) is 319 Å². The van der Waals surface area contributed by atoms with Crippen molar-refractivity contribution in [3.05, 3.63) is 286 Å². The first kappa shape index (κ1) is 119. The lowest BCUT2D eigenvalue weighted by atomic mass is 10.0. The number of benzene rings is 6. The molecule has 12 aliphatic heterocycles. The Kier molecular flexibility index (Phi) is 43.8. The molecule has 6 fully saturated rings. The van der Waals surface area contributed by atoms with Crippen molar-refractivity contribution in [3.63, 3.8) is 0 Å². The van der Waals surface area contributed by atoms with Gasteiger partial charge in [-0.3, -0.25) is 86.6 Å². The Morgan fingerprint density at radius 1 is 0.271 bits per heavy atom. The number of nitrogens with zero attached hydrogens (tertiary/aromatic N) is 6. The highest BCUT2D eigenvalue weighted by molar-refractivity contribution is 6.25. The zero-order valence-electron chi connectivity index (χ0n) is 87.4. The molecule has 0 radical (unpaired) electrons. The summed E-state index contributed by atoms with van der Waals surface area (Å²) in [6.45, 7) is 61.8. The number of amides is 15. The fourth-order valence-electron chi connectivity index (χ4n) is 15.3. The van der Waals surface area contributed by atoms with E-state index >= 15 is 0 Å². The summed E-state index contributed by atoms with van der Waals surface area (Å²) in [6, 6.07) is 39.1. The monoisotopic (exact) mass is 1980 g/mol. The van der Waals surface area contributed by atoms with Crippen molar-refractivity contribution in [3.8, 4) is 0 Å². The van der Waals surface area contributed by atoms with Crippen LogP contribution in [-0.4, -0.2) is 205 Å². The van der Waals surface area contributed by atoms with Crippen molar-refractivity contribution < 1.29 is 81.4 Å². The van der Waals surface area contributed by atoms with Gasteiger partial charge in [0.2, 0.25) is 35.4 Å². The van der Waals surface area contributed by atoms with Crippen LogP contribution in [0, 0.1) is 11.8 Å². The summed E-state index contributed by atoms with van der Waals surface area (Å²) in [5, 5.41) is 22.2. The Balaban J connectivity index is 0.000000249. The van der Waals surface area contributed by atoms with Crippen LogP contribution in [0.3, 0.4) is 0 Å². The molecule has 8 N–H and O–H groups in total. The van der Waals surface area contributed by atoms with E-state index in [2.05, 4.69) is 165 Å². The van der Waals surface area contributed by atoms with E-state index in [4.69, 9.17) is 9.47 Å². The standard InChI is InChI=1S/3C14H12N2O3.3C14H14N2O2.2C5H13N.2C5H12O.2C4H10.CH4/c3*1-8-6-7-11(12(17)15-8)16-13(18)9-4-2-3-5-10(9)14(16)19;3*1-9-6-7-12(13(17)15-9)16-8-10-4-2-3-5-11(10)14(16)18;4*1-5(2,3)6-4;2*1-4(2)3;/h3*2-5,11H,1,6-7H2,(H,15,17);3*2-5,12H,1,6-8H2,(H,15,17);2*6H,1-4H3;2*1-4H3;2*4H,1-3H3;1H4. The molecule has 12 aliphatic rings. The fraction of sp³-hybridized carbons (Fsp3) is 0.442.